The van der Waals surface area contributed by atoms with E-state index in [4.69, 9.17) is 23.4 Å². The standard InChI is InChI=1S/C28H39NO7Si/c1-25(2,3)37(21-14-10-8-11-15-21,22-16-12-9-13-17-22)34-18-23-24(36-27(6,7)35-23)28(29(30)31)19-32-26(4,5)33-20-28/h8-17,23-24H,18-20H2,1-7H3/t23-,24-/m1/s1. The van der Waals surface area contributed by atoms with Gasteiger partial charge >= 0.3 is 0 Å². The first-order valence-corrected chi connectivity index (χ1v) is 14.7. The van der Waals surface area contributed by atoms with Crippen molar-refractivity contribution in [1.82, 2.24) is 0 Å². The Bertz CT molecular complexity index is 1040. The Morgan fingerprint density at radius 1 is 0.892 bits per heavy atom. The van der Waals surface area contributed by atoms with Crippen LogP contribution >= 0.6 is 0 Å². The Balaban J connectivity index is 1.74. The average molecular weight is 530 g/mol. The van der Waals surface area contributed by atoms with Crippen LogP contribution in [0.4, 0.5) is 0 Å². The molecule has 2 saturated heterocycles. The van der Waals surface area contributed by atoms with Crippen molar-refractivity contribution in [3.8, 4) is 0 Å². The third kappa shape index (κ3) is 5.26. The molecule has 0 amide bonds. The van der Waals surface area contributed by atoms with Gasteiger partial charge in [-0.15, -0.1) is 0 Å². The molecular formula is C28H39NO7Si. The van der Waals surface area contributed by atoms with E-state index in [0.717, 1.165) is 10.4 Å². The largest absolute Gasteiger partial charge is 0.405 e. The first-order valence-electron chi connectivity index (χ1n) is 12.8. The smallest absolute Gasteiger partial charge is 0.296 e. The molecule has 2 atom stereocenters. The van der Waals surface area contributed by atoms with Gasteiger partial charge in [-0.2, -0.15) is 0 Å². The Morgan fingerprint density at radius 3 is 1.81 bits per heavy atom. The van der Waals surface area contributed by atoms with E-state index >= 15 is 0 Å². The van der Waals surface area contributed by atoms with E-state index in [1.165, 1.54) is 0 Å². The van der Waals surface area contributed by atoms with Crippen LogP contribution in [0.2, 0.25) is 5.04 Å². The molecule has 0 N–H and O–H groups in total. The fraction of sp³-hybridized carbons (Fsp3) is 0.571. The van der Waals surface area contributed by atoms with Crippen molar-refractivity contribution in [3.05, 3.63) is 70.8 Å². The van der Waals surface area contributed by atoms with E-state index in [1.807, 2.05) is 36.4 Å². The SMILES string of the molecule is CC1(C)OCC([C@@H]2OC(C)(C)O[C@@H]2CO[Si](c2ccccc2)(c2ccccc2)C(C)(C)C)([N+](=O)[O-])CO1. The Morgan fingerprint density at radius 2 is 1.38 bits per heavy atom. The zero-order valence-corrected chi connectivity index (χ0v) is 23.9. The van der Waals surface area contributed by atoms with Gasteiger partial charge in [-0.1, -0.05) is 81.4 Å². The summed E-state index contributed by atoms with van der Waals surface area (Å²) >= 11 is 0. The normalized spacial score (nSPS) is 25.1. The second-order valence-electron chi connectivity index (χ2n) is 11.9. The Labute approximate surface area is 220 Å². The van der Waals surface area contributed by atoms with Crippen molar-refractivity contribution >= 4 is 18.7 Å². The maximum absolute atomic E-state index is 12.5. The third-order valence-electron chi connectivity index (χ3n) is 7.30. The molecule has 2 aromatic rings. The van der Waals surface area contributed by atoms with Gasteiger partial charge < -0.3 is 23.4 Å². The molecule has 2 aliphatic rings. The number of hydrogen-bond donors (Lipinski definition) is 0. The average Bonchev–Trinajstić information content (AvgIpc) is 3.15. The molecule has 2 fully saturated rings. The number of hydrogen-bond acceptors (Lipinski definition) is 7. The van der Waals surface area contributed by atoms with E-state index < -0.39 is 37.6 Å². The number of nitrogens with zero attached hydrogens (tertiary/aromatic N) is 1. The zero-order chi connectivity index (χ0) is 27.1. The molecule has 2 aromatic carbocycles. The Kier molecular flexibility index (Phi) is 7.44. The lowest BCUT2D eigenvalue weighted by Gasteiger charge is -2.44. The molecule has 0 bridgehead atoms. The van der Waals surface area contributed by atoms with Gasteiger partial charge in [-0.3, -0.25) is 10.1 Å². The highest BCUT2D eigenvalue weighted by atomic mass is 28.4. The molecule has 9 heteroatoms. The minimum Gasteiger partial charge on any atom is -0.405 e. The first kappa shape index (κ1) is 27.9. The molecular weight excluding hydrogens is 490 g/mol. The number of rotatable bonds is 7. The summed E-state index contributed by atoms with van der Waals surface area (Å²) in [6, 6.07) is 20.5. The van der Waals surface area contributed by atoms with Crippen molar-refractivity contribution in [2.24, 2.45) is 0 Å². The monoisotopic (exact) mass is 529 g/mol. The predicted molar refractivity (Wildman–Crippen MR) is 143 cm³/mol. The summed E-state index contributed by atoms with van der Waals surface area (Å²) in [7, 11) is -2.88. The minimum atomic E-state index is -2.88. The van der Waals surface area contributed by atoms with Crippen LogP contribution in [-0.4, -0.2) is 62.4 Å². The van der Waals surface area contributed by atoms with Crippen LogP contribution < -0.4 is 10.4 Å². The lowest BCUT2D eigenvalue weighted by molar-refractivity contribution is -0.609. The van der Waals surface area contributed by atoms with Gasteiger partial charge in [-0.05, 0) is 43.1 Å². The van der Waals surface area contributed by atoms with E-state index in [1.54, 1.807) is 27.7 Å². The van der Waals surface area contributed by atoms with Gasteiger partial charge in [0.15, 0.2) is 17.7 Å². The summed E-state index contributed by atoms with van der Waals surface area (Å²) < 4.78 is 31.1. The molecule has 0 spiro atoms. The lowest BCUT2D eigenvalue weighted by atomic mass is 9.90. The molecule has 2 aliphatic heterocycles. The van der Waals surface area contributed by atoms with Crippen LogP contribution in [0.5, 0.6) is 0 Å². The molecule has 0 unspecified atom stereocenters. The van der Waals surface area contributed by atoms with Crippen LogP contribution in [0.1, 0.15) is 48.5 Å². The van der Waals surface area contributed by atoms with Gasteiger partial charge in [0.2, 0.25) is 0 Å². The van der Waals surface area contributed by atoms with Gasteiger partial charge in [0, 0.05) is 4.92 Å². The van der Waals surface area contributed by atoms with Crippen molar-refractivity contribution < 1.29 is 28.3 Å². The van der Waals surface area contributed by atoms with Gasteiger partial charge in [0.25, 0.3) is 13.9 Å². The number of ether oxygens (including phenoxy) is 4. The summed E-state index contributed by atoms with van der Waals surface area (Å²) in [6.07, 6.45) is -1.62. The summed E-state index contributed by atoms with van der Waals surface area (Å²) in [4.78, 5) is 12.2. The quantitative estimate of drug-likeness (QED) is 0.305. The highest BCUT2D eigenvalue weighted by Gasteiger charge is 2.64. The van der Waals surface area contributed by atoms with Gasteiger partial charge in [-0.25, -0.2) is 0 Å². The number of benzene rings is 2. The van der Waals surface area contributed by atoms with Gasteiger partial charge in [0.05, 0.1) is 6.61 Å². The van der Waals surface area contributed by atoms with Crippen molar-refractivity contribution in [1.29, 1.82) is 0 Å². The number of nitro groups is 1. The second-order valence-corrected chi connectivity index (χ2v) is 16.2. The molecule has 0 aromatic heterocycles. The van der Waals surface area contributed by atoms with E-state index in [0.29, 0.717) is 0 Å². The summed E-state index contributed by atoms with van der Waals surface area (Å²) in [6.45, 7) is 13.4. The zero-order valence-electron chi connectivity index (χ0n) is 22.9. The van der Waals surface area contributed by atoms with Crippen LogP contribution in [0.25, 0.3) is 0 Å². The lowest BCUT2D eigenvalue weighted by Crippen LogP contribution is -2.68. The summed E-state index contributed by atoms with van der Waals surface area (Å²) in [5.41, 5.74) is -1.62. The molecule has 0 saturated carbocycles. The molecule has 8 nitrogen and oxygen atoms in total. The molecule has 0 radical (unpaired) electrons. The maximum atomic E-state index is 12.5. The molecule has 0 aliphatic carbocycles. The van der Waals surface area contributed by atoms with Crippen molar-refractivity contribution in [2.75, 3.05) is 19.8 Å². The van der Waals surface area contributed by atoms with Gasteiger partial charge in [0.1, 0.15) is 19.3 Å². The van der Waals surface area contributed by atoms with E-state index in [-0.39, 0.29) is 29.8 Å². The van der Waals surface area contributed by atoms with Crippen molar-refractivity contribution in [2.45, 2.75) is 82.8 Å². The molecule has 4 rings (SSSR count). The molecule has 202 valence electrons. The van der Waals surface area contributed by atoms with E-state index in [2.05, 4.69) is 45.0 Å². The van der Waals surface area contributed by atoms with Crippen LogP contribution in [0.3, 0.4) is 0 Å². The fourth-order valence-electron chi connectivity index (χ4n) is 5.44. The van der Waals surface area contributed by atoms with Crippen LogP contribution in [0.15, 0.2) is 60.7 Å². The first-order chi connectivity index (χ1) is 17.2. The summed E-state index contributed by atoms with van der Waals surface area (Å²) in [5.74, 6) is -1.94. The summed E-state index contributed by atoms with van der Waals surface area (Å²) in [5, 5.41) is 14.5. The topological polar surface area (TPSA) is 89.3 Å². The highest BCUT2D eigenvalue weighted by molar-refractivity contribution is 6.99. The van der Waals surface area contributed by atoms with Crippen molar-refractivity contribution in [3.63, 3.8) is 0 Å². The van der Waals surface area contributed by atoms with Crippen LogP contribution in [-0.2, 0) is 23.4 Å². The minimum absolute atomic E-state index is 0.125. The second kappa shape index (κ2) is 9.87. The molecule has 37 heavy (non-hydrogen) atoms. The Hall–Kier alpha value is -2.14. The van der Waals surface area contributed by atoms with Crippen LogP contribution in [0, 0.1) is 10.1 Å². The third-order valence-corrected chi connectivity index (χ3v) is 12.3. The maximum Gasteiger partial charge on any atom is 0.296 e. The molecule has 2 heterocycles. The van der Waals surface area contributed by atoms with E-state index in [9.17, 15) is 10.1 Å². The fourth-order valence-corrected chi connectivity index (χ4v) is 10.0. The highest BCUT2D eigenvalue weighted by Crippen LogP contribution is 2.41. The predicted octanol–water partition coefficient (Wildman–Crippen LogP) is 3.88.